The largest absolute Gasteiger partial charge is 0.487 e. The van der Waals surface area contributed by atoms with E-state index in [-0.39, 0.29) is 24.4 Å². The Hall–Kier alpha value is -3.76. The average molecular weight is 449 g/mol. The number of amides is 1. The summed E-state index contributed by atoms with van der Waals surface area (Å²) in [5, 5.41) is 9.06. The highest BCUT2D eigenvalue weighted by molar-refractivity contribution is 5.94. The summed E-state index contributed by atoms with van der Waals surface area (Å²) in [7, 11) is 0. The van der Waals surface area contributed by atoms with E-state index in [2.05, 4.69) is 20.8 Å². The fraction of sp³-hybridized carbons (Fsp3) is 0.304. The van der Waals surface area contributed by atoms with E-state index in [1.54, 1.807) is 23.2 Å². The number of rotatable bonds is 6. The number of carboxylic acid groups (broad SMARTS) is 1. The number of ether oxygens (including phenoxy) is 1. The molecule has 0 spiro atoms. The first-order valence-electron chi connectivity index (χ1n) is 10.7. The molecule has 3 N–H and O–H groups in total. The molecule has 4 heterocycles. The van der Waals surface area contributed by atoms with Crippen LogP contribution in [0.4, 0.5) is 0 Å². The van der Waals surface area contributed by atoms with Crippen LogP contribution in [0, 0.1) is 0 Å². The monoisotopic (exact) mass is 449 g/mol. The molecule has 0 bridgehead atoms. The molecule has 1 atom stereocenters. The van der Waals surface area contributed by atoms with E-state index in [4.69, 9.17) is 14.3 Å². The normalized spacial score (nSPS) is 17.6. The van der Waals surface area contributed by atoms with Gasteiger partial charge >= 0.3 is 11.9 Å². The highest BCUT2D eigenvalue weighted by atomic mass is 16.5. The number of hydrogen-bond donors (Lipinski definition) is 3. The minimum absolute atomic E-state index is 0.147. The molecule has 5 rings (SSSR count). The molecule has 1 fully saturated rings. The Kier molecular flexibility index (Phi) is 5.76. The van der Waals surface area contributed by atoms with Crippen LogP contribution >= 0.6 is 0 Å². The third kappa shape index (κ3) is 4.57. The number of pyridine rings is 1. The number of carbonyl (C=O) groups excluding carboxylic acids is 1. The number of nitrogens with one attached hydrogen (secondary N) is 2. The predicted molar refractivity (Wildman–Crippen MR) is 115 cm³/mol. The van der Waals surface area contributed by atoms with E-state index in [0.717, 1.165) is 24.2 Å². The lowest BCUT2D eigenvalue weighted by Gasteiger charge is -2.25. The molecule has 0 saturated carbocycles. The van der Waals surface area contributed by atoms with Gasteiger partial charge in [-0.15, -0.1) is 0 Å². The molecule has 1 aromatic carbocycles. The van der Waals surface area contributed by atoms with Gasteiger partial charge in [0, 0.05) is 25.1 Å². The molecule has 3 aromatic rings. The summed E-state index contributed by atoms with van der Waals surface area (Å²) in [6.07, 6.45) is 3.13. The SMILES string of the molecule is O=C(O)c1nc2c(o1)CCN(C(=O)c1cccc(COc3ccc(C4CCNN4)nc3)c1)C2. The number of aromatic nitrogens is 2. The molecular weight excluding hydrogens is 426 g/mol. The fourth-order valence-corrected chi connectivity index (χ4v) is 4.00. The van der Waals surface area contributed by atoms with E-state index >= 15 is 0 Å². The van der Waals surface area contributed by atoms with Crippen molar-refractivity contribution < 1.29 is 23.8 Å². The zero-order valence-electron chi connectivity index (χ0n) is 17.8. The number of oxazole rings is 1. The summed E-state index contributed by atoms with van der Waals surface area (Å²) in [6.45, 7) is 1.88. The maximum absolute atomic E-state index is 13.0. The number of fused-ring (bicyclic) bond motifs is 1. The van der Waals surface area contributed by atoms with Crippen molar-refractivity contribution in [1.29, 1.82) is 0 Å². The highest BCUT2D eigenvalue weighted by Gasteiger charge is 2.27. The van der Waals surface area contributed by atoms with Crippen LogP contribution in [0.3, 0.4) is 0 Å². The van der Waals surface area contributed by atoms with Gasteiger partial charge in [-0.1, -0.05) is 12.1 Å². The van der Waals surface area contributed by atoms with Crippen molar-refractivity contribution in [3.63, 3.8) is 0 Å². The maximum Gasteiger partial charge on any atom is 0.392 e. The van der Waals surface area contributed by atoms with Crippen molar-refractivity contribution in [3.05, 3.63) is 76.8 Å². The van der Waals surface area contributed by atoms with Crippen LogP contribution < -0.4 is 15.6 Å². The predicted octanol–water partition coefficient (Wildman–Crippen LogP) is 2.08. The van der Waals surface area contributed by atoms with E-state index in [1.165, 1.54) is 0 Å². The Morgan fingerprint density at radius 1 is 1.27 bits per heavy atom. The van der Waals surface area contributed by atoms with Gasteiger partial charge in [-0.05, 0) is 36.2 Å². The van der Waals surface area contributed by atoms with Gasteiger partial charge in [0.05, 0.1) is 24.5 Å². The van der Waals surface area contributed by atoms with Crippen LogP contribution in [0.1, 0.15) is 56.2 Å². The molecule has 0 aliphatic carbocycles. The van der Waals surface area contributed by atoms with Crippen molar-refractivity contribution in [2.24, 2.45) is 0 Å². The summed E-state index contributed by atoms with van der Waals surface area (Å²) in [6, 6.07) is 11.3. The van der Waals surface area contributed by atoms with Gasteiger partial charge in [0.25, 0.3) is 5.91 Å². The Morgan fingerprint density at radius 2 is 2.18 bits per heavy atom. The van der Waals surface area contributed by atoms with Crippen LogP contribution in [0.25, 0.3) is 0 Å². The maximum atomic E-state index is 13.0. The number of carbonyl (C=O) groups is 2. The Balaban J connectivity index is 1.21. The van der Waals surface area contributed by atoms with Crippen molar-refractivity contribution in [2.45, 2.75) is 32.0 Å². The minimum atomic E-state index is -1.22. The van der Waals surface area contributed by atoms with E-state index in [1.807, 2.05) is 24.3 Å². The zero-order valence-corrected chi connectivity index (χ0v) is 17.8. The van der Waals surface area contributed by atoms with Gasteiger partial charge in [-0.3, -0.25) is 15.2 Å². The van der Waals surface area contributed by atoms with E-state index < -0.39 is 5.97 Å². The van der Waals surface area contributed by atoms with Crippen molar-refractivity contribution in [3.8, 4) is 5.75 Å². The fourth-order valence-electron chi connectivity index (χ4n) is 4.00. The molecule has 1 saturated heterocycles. The molecule has 2 aliphatic rings. The number of hydrazine groups is 1. The average Bonchev–Trinajstić information content (AvgIpc) is 3.53. The van der Waals surface area contributed by atoms with Crippen molar-refractivity contribution >= 4 is 11.9 Å². The van der Waals surface area contributed by atoms with E-state index in [0.29, 0.717) is 42.3 Å². The molecule has 2 aromatic heterocycles. The number of hydrogen-bond acceptors (Lipinski definition) is 8. The smallest absolute Gasteiger partial charge is 0.392 e. The lowest BCUT2D eigenvalue weighted by atomic mass is 10.1. The second-order valence-electron chi connectivity index (χ2n) is 7.99. The number of carboxylic acids is 1. The molecular formula is C23H23N5O5. The minimum Gasteiger partial charge on any atom is -0.487 e. The summed E-state index contributed by atoms with van der Waals surface area (Å²) in [4.78, 5) is 34.2. The topological polar surface area (TPSA) is 130 Å². The van der Waals surface area contributed by atoms with Gasteiger partial charge in [-0.25, -0.2) is 15.2 Å². The lowest BCUT2D eigenvalue weighted by Crippen LogP contribution is -2.35. The van der Waals surface area contributed by atoms with Crippen molar-refractivity contribution in [1.82, 2.24) is 25.7 Å². The van der Waals surface area contributed by atoms with Crippen LogP contribution in [-0.4, -0.2) is 44.9 Å². The number of nitrogens with zero attached hydrogens (tertiary/aromatic N) is 3. The molecule has 10 nitrogen and oxygen atoms in total. The summed E-state index contributed by atoms with van der Waals surface area (Å²) >= 11 is 0. The number of benzene rings is 1. The second kappa shape index (κ2) is 9.00. The molecule has 1 unspecified atom stereocenters. The van der Waals surface area contributed by atoms with E-state index in [9.17, 15) is 9.59 Å². The van der Waals surface area contributed by atoms with Gasteiger partial charge in [0.15, 0.2) is 0 Å². The molecule has 10 heteroatoms. The number of aromatic carboxylic acids is 1. The van der Waals surface area contributed by atoms with Crippen LogP contribution in [-0.2, 0) is 19.6 Å². The van der Waals surface area contributed by atoms with Gasteiger partial charge in [0.1, 0.15) is 23.8 Å². The standard InChI is InChI=1S/C23H23N5O5/c29-22(28-9-7-20-19(12-28)26-21(33-20)23(30)31)15-3-1-2-14(10-15)13-32-16-4-5-17(24-11-16)18-6-8-25-27-18/h1-5,10-11,18,25,27H,6-9,12-13H2,(H,30,31). The summed E-state index contributed by atoms with van der Waals surface area (Å²) in [5.74, 6) is -0.520. The molecule has 1 amide bonds. The zero-order chi connectivity index (χ0) is 22.8. The molecule has 0 radical (unpaired) electrons. The highest BCUT2D eigenvalue weighted by Crippen LogP contribution is 2.23. The lowest BCUT2D eigenvalue weighted by molar-refractivity contribution is 0.0648. The van der Waals surface area contributed by atoms with Gasteiger partial charge < -0.3 is 19.2 Å². The first-order chi connectivity index (χ1) is 16.1. The second-order valence-corrected chi connectivity index (χ2v) is 7.99. The molecule has 2 aliphatic heterocycles. The van der Waals surface area contributed by atoms with Gasteiger partial charge in [0.2, 0.25) is 0 Å². The summed E-state index contributed by atoms with van der Waals surface area (Å²) < 4.78 is 11.1. The first-order valence-corrected chi connectivity index (χ1v) is 10.7. The van der Waals surface area contributed by atoms with Crippen molar-refractivity contribution in [2.75, 3.05) is 13.1 Å². The third-order valence-corrected chi connectivity index (χ3v) is 5.73. The molecule has 170 valence electrons. The van der Waals surface area contributed by atoms with Crippen LogP contribution in [0.2, 0.25) is 0 Å². The Labute approximate surface area is 189 Å². The molecule has 33 heavy (non-hydrogen) atoms. The first kappa shape index (κ1) is 21.1. The van der Waals surface area contributed by atoms with Crippen LogP contribution in [0.15, 0.2) is 47.0 Å². The summed E-state index contributed by atoms with van der Waals surface area (Å²) in [5.41, 5.74) is 9.13. The quantitative estimate of drug-likeness (QED) is 0.518. The Bertz CT molecular complexity index is 1170. The van der Waals surface area contributed by atoms with Crippen LogP contribution in [0.5, 0.6) is 5.75 Å². The Morgan fingerprint density at radius 3 is 2.94 bits per heavy atom. The van der Waals surface area contributed by atoms with Gasteiger partial charge in [-0.2, -0.15) is 0 Å². The third-order valence-electron chi connectivity index (χ3n) is 5.73.